The summed E-state index contributed by atoms with van der Waals surface area (Å²) in [6.45, 7) is 2.52. The third kappa shape index (κ3) is 5.92. The van der Waals surface area contributed by atoms with Crippen LogP contribution in [0.25, 0.3) is 0 Å². The Kier molecular flexibility index (Phi) is 7.02. The Balaban J connectivity index is 2.61. The average molecular weight is 299 g/mol. The zero-order valence-electron chi connectivity index (χ0n) is 12.6. The van der Waals surface area contributed by atoms with E-state index in [1.165, 1.54) is 5.56 Å². The van der Waals surface area contributed by atoms with Gasteiger partial charge >= 0.3 is 0 Å². The number of sulfone groups is 1. The van der Waals surface area contributed by atoms with E-state index in [0.29, 0.717) is 12.3 Å². The zero-order valence-corrected chi connectivity index (χ0v) is 13.4. The zero-order chi connectivity index (χ0) is 15.0. The summed E-state index contributed by atoms with van der Waals surface area (Å²) in [5.74, 6) is 1.66. The van der Waals surface area contributed by atoms with E-state index in [1.807, 2.05) is 31.3 Å². The molecular formula is C15H25NO3S. The number of hydrogen-bond acceptors (Lipinski definition) is 4. The van der Waals surface area contributed by atoms with Crippen LogP contribution in [-0.2, 0) is 16.3 Å². The van der Waals surface area contributed by atoms with E-state index in [0.717, 1.165) is 18.7 Å². The van der Waals surface area contributed by atoms with Crippen molar-refractivity contribution in [1.29, 1.82) is 0 Å². The third-order valence-electron chi connectivity index (χ3n) is 3.45. The maximum absolute atomic E-state index is 11.6. The average Bonchev–Trinajstić information content (AvgIpc) is 2.46. The summed E-state index contributed by atoms with van der Waals surface area (Å²) in [6, 6.07) is 7.95. The van der Waals surface area contributed by atoms with Crippen LogP contribution in [0.1, 0.15) is 18.9 Å². The summed E-state index contributed by atoms with van der Waals surface area (Å²) in [4.78, 5) is 0. The molecule has 1 rings (SSSR count). The van der Waals surface area contributed by atoms with E-state index in [9.17, 15) is 8.42 Å². The van der Waals surface area contributed by atoms with Gasteiger partial charge in [0.15, 0.2) is 0 Å². The topological polar surface area (TPSA) is 55.4 Å². The molecule has 0 saturated heterocycles. The van der Waals surface area contributed by atoms with Gasteiger partial charge in [-0.25, -0.2) is 8.42 Å². The van der Waals surface area contributed by atoms with Crippen molar-refractivity contribution >= 4 is 9.84 Å². The standard InChI is InChI=1S/C15H25NO3S/c1-4-20(17,18)10-9-14(12-16-2)11-13-5-7-15(19-3)8-6-13/h5-8,14,16H,4,9-12H2,1-3H3. The minimum atomic E-state index is -2.88. The Hall–Kier alpha value is -1.07. The van der Waals surface area contributed by atoms with E-state index >= 15 is 0 Å². The minimum Gasteiger partial charge on any atom is -0.497 e. The summed E-state index contributed by atoms with van der Waals surface area (Å²) < 4.78 is 28.4. The first-order chi connectivity index (χ1) is 9.50. The van der Waals surface area contributed by atoms with Crippen molar-refractivity contribution in [3.8, 4) is 5.75 Å². The second kappa shape index (κ2) is 8.27. The minimum absolute atomic E-state index is 0.224. The van der Waals surface area contributed by atoms with Gasteiger partial charge in [0.2, 0.25) is 0 Å². The van der Waals surface area contributed by atoms with Gasteiger partial charge in [0.05, 0.1) is 12.9 Å². The van der Waals surface area contributed by atoms with E-state index in [2.05, 4.69) is 5.32 Å². The summed E-state index contributed by atoms with van der Waals surface area (Å²) >= 11 is 0. The second-order valence-electron chi connectivity index (χ2n) is 5.00. The molecule has 0 radical (unpaired) electrons. The fourth-order valence-corrected chi connectivity index (χ4v) is 3.13. The fraction of sp³-hybridized carbons (Fsp3) is 0.600. The van der Waals surface area contributed by atoms with Crippen molar-refractivity contribution in [2.45, 2.75) is 19.8 Å². The lowest BCUT2D eigenvalue weighted by atomic mass is 9.97. The number of rotatable bonds is 9. The van der Waals surface area contributed by atoms with Gasteiger partial charge in [0.1, 0.15) is 15.6 Å². The van der Waals surface area contributed by atoms with Crippen molar-refractivity contribution in [2.24, 2.45) is 5.92 Å². The second-order valence-corrected chi connectivity index (χ2v) is 7.47. The normalized spacial score (nSPS) is 13.2. The summed E-state index contributed by atoms with van der Waals surface area (Å²) in [5.41, 5.74) is 1.21. The van der Waals surface area contributed by atoms with E-state index in [1.54, 1.807) is 14.0 Å². The van der Waals surface area contributed by atoms with Crippen molar-refractivity contribution < 1.29 is 13.2 Å². The molecule has 20 heavy (non-hydrogen) atoms. The van der Waals surface area contributed by atoms with Crippen LogP contribution in [0.3, 0.4) is 0 Å². The number of methoxy groups -OCH3 is 1. The fourth-order valence-electron chi connectivity index (χ4n) is 2.15. The van der Waals surface area contributed by atoms with Crippen LogP contribution < -0.4 is 10.1 Å². The molecule has 1 aromatic rings. The molecule has 0 aliphatic carbocycles. The molecule has 4 nitrogen and oxygen atoms in total. The first kappa shape index (κ1) is 17.0. The molecule has 0 spiro atoms. The number of hydrogen-bond donors (Lipinski definition) is 1. The van der Waals surface area contributed by atoms with Crippen LogP contribution in [0, 0.1) is 5.92 Å². The molecule has 0 fully saturated rings. The van der Waals surface area contributed by atoms with Gasteiger partial charge in [-0.15, -0.1) is 0 Å². The van der Waals surface area contributed by atoms with E-state index < -0.39 is 9.84 Å². The molecule has 1 aromatic carbocycles. The maximum atomic E-state index is 11.6. The Morgan fingerprint density at radius 3 is 2.40 bits per heavy atom. The predicted octanol–water partition coefficient (Wildman–Crippen LogP) is 1.90. The van der Waals surface area contributed by atoms with Gasteiger partial charge in [-0.1, -0.05) is 19.1 Å². The lowest BCUT2D eigenvalue weighted by molar-refractivity contribution is 0.414. The van der Waals surface area contributed by atoms with Gasteiger partial charge in [-0.2, -0.15) is 0 Å². The SMILES string of the molecule is CCS(=O)(=O)CCC(CNC)Cc1ccc(OC)cc1. The molecule has 0 amide bonds. The molecule has 0 bridgehead atoms. The summed E-state index contributed by atoms with van der Waals surface area (Å²) in [6.07, 6.45) is 1.58. The smallest absolute Gasteiger partial charge is 0.150 e. The lowest BCUT2D eigenvalue weighted by Gasteiger charge is -2.16. The number of ether oxygens (including phenoxy) is 1. The number of nitrogens with one attached hydrogen (secondary N) is 1. The van der Waals surface area contributed by atoms with Gasteiger partial charge in [0, 0.05) is 5.75 Å². The lowest BCUT2D eigenvalue weighted by Crippen LogP contribution is -2.24. The quantitative estimate of drug-likeness (QED) is 0.756. The molecule has 1 atom stereocenters. The molecule has 1 unspecified atom stereocenters. The first-order valence-electron chi connectivity index (χ1n) is 6.98. The highest BCUT2D eigenvalue weighted by atomic mass is 32.2. The highest BCUT2D eigenvalue weighted by Gasteiger charge is 2.14. The Morgan fingerprint density at radius 1 is 1.25 bits per heavy atom. The molecule has 5 heteroatoms. The molecule has 0 aliphatic heterocycles. The summed E-state index contributed by atoms with van der Waals surface area (Å²) in [7, 11) is 0.662. The first-order valence-corrected chi connectivity index (χ1v) is 8.80. The molecule has 0 saturated carbocycles. The van der Waals surface area contributed by atoms with Crippen molar-refractivity contribution in [3.05, 3.63) is 29.8 Å². The van der Waals surface area contributed by atoms with Crippen LogP contribution in [0.4, 0.5) is 0 Å². The van der Waals surface area contributed by atoms with Crippen LogP contribution in [0.15, 0.2) is 24.3 Å². The van der Waals surface area contributed by atoms with E-state index in [-0.39, 0.29) is 11.5 Å². The van der Waals surface area contributed by atoms with Crippen LogP contribution in [0.5, 0.6) is 5.75 Å². The van der Waals surface area contributed by atoms with Crippen molar-refractivity contribution in [1.82, 2.24) is 5.32 Å². The molecule has 0 aromatic heterocycles. The Labute approximate surface area is 122 Å². The van der Waals surface area contributed by atoms with E-state index in [4.69, 9.17) is 4.74 Å². The largest absolute Gasteiger partial charge is 0.497 e. The molecular weight excluding hydrogens is 274 g/mol. The Bertz CT molecular complexity index is 482. The molecule has 0 aliphatic rings. The van der Waals surface area contributed by atoms with Crippen LogP contribution in [-0.4, -0.2) is 40.6 Å². The van der Waals surface area contributed by atoms with Gasteiger partial charge in [-0.05, 0) is 50.0 Å². The van der Waals surface area contributed by atoms with Gasteiger partial charge in [0.25, 0.3) is 0 Å². The monoisotopic (exact) mass is 299 g/mol. The molecule has 1 N–H and O–H groups in total. The molecule has 0 heterocycles. The van der Waals surface area contributed by atoms with Gasteiger partial charge < -0.3 is 10.1 Å². The third-order valence-corrected chi connectivity index (χ3v) is 5.19. The van der Waals surface area contributed by atoms with Crippen LogP contribution in [0.2, 0.25) is 0 Å². The van der Waals surface area contributed by atoms with Crippen molar-refractivity contribution in [2.75, 3.05) is 32.2 Å². The van der Waals surface area contributed by atoms with Gasteiger partial charge in [-0.3, -0.25) is 0 Å². The highest BCUT2D eigenvalue weighted by molar-refractivity contribution is 7.91. The molecule has 114 valence electrons. The number of benzene rings is 1. The Morgan fingerprint density at radius 2 is 1.90 bits per heavy atom. The van der Waals surface area contributed by atoms with Crippen molar-refractivity contribution in [3.63, 3.8) is 0 Å². The maximum Gasteiger partial charge on any atom is 0.150 e. The highest BCUT2D eigenvalue weighted by Crippen LogP contribution is 2.17. The van der Waals surface area contributed by atoms with Crippen LogP contribution >= 0.6 is 0 Å². The summed E-state index contributed by atoms with van der Waals surface area (Å²) in [5, 5.41) is 3.15. The predicted molar refractivity (Wildman–Crippen MR) is 83.1 cm³/mol.